The first-order chi connectivity index (χ1) is 12.1. The molecule has 1 atom stereocenters. The monoisotopic (exact) mass is 359 g/mol. The van der Waals surface area contributed by atoms with E-state index in [9.17, 15) is 4.79 Å². The Morgan fingerprint density at radius 1 is 1.08 bits per heavy atom. The molecule has 0 spiro atoms. The molecule has 1 amide bonds. The lowest BCUT2D eigenvalue weighted by molar-refractivity contribution is -0.119. The summed E-state index contributed by atoms with van der Waals surface area (Å²) in [4.78, 5) is 12.0. The largest absolute Gasteiger partial charge is 0.497 e. The van der Waals surface area contributed by atoms with Gasteiger partial charge in [0, 0.05) is 5.75 Å². The minimum Gasteiger partial charge on any atom is -0.497 e. The number of rotatable bonds is 9. The molecule has 0 bridgehead atoms. The molecule has 2 rings (SSSR count). The van der Waals surface area contributed by atoms with E-state index in [2.05, 4.69) is 36.5 Å². The van der Waals surface area contributed by atoms with E-state index in [0.29, 0.717) is 12.4 Å². The van der Waals surface area contributed by atoms with Crippen LogP contribution in [0.25, 0.3) is 0 Å². The number of hydrogen-bond donors (Lipinski definition) is 1. The van der Waals surface area contributed by atoms with Crippen molar-refractivity contribution < 1.29 is 14.3 Å². The average molecular weight is 359 g/mol. The number of hydrogen-bond acceptors (Lipinski definition) is 4. The van der Waals surface area contributed by atoms with E-state index >= 15 is 0 Å². The van der Waals surface area contributed by atoms with E-state index in [1.54, 1.807) is 18.9 Å². The first-order valence-electron chi connectivity index (χ1n) is 8.26. The molecular weight excluding hydrogens is 334 g/mol. The molecule has 4 nitrogen and oxygen atoms in total. The maximum atomic E-state index is 12.0. The highest BCUT2D eigenvalue weighted by molar-refractivity contribution is 7.99. The average Bonchev–Trinajstić information content (AvgIpc) is 2.62. The van der Waals surface area contributed by atoms with E-state index in [-0.39, 0.29) is 11.9 Å². The third-order valence-corrected chi connectivity index (χ3v) is 4.59. The van der Waals surface area contributed by atoms with Crippen LogP contribution in [0.4, 0.5) is 0 Å². The molecular formula is C20H25NO3S. The van der Waals surface area contributed by atoms with E-state index in [4.69, 9.17) is 9.47 Å². The maximum Gasteiger partial charge on any atom is 0.230 e. The van der Waals surface area contributed by atoms with Crippen LogP contribution in [0.3, 0.4) is 0 Å². The normalized spacial score (nSPS) is 11.6. The molecule has 0 unspecified atom stereocenters. The highest BCUT2D eigenvalue weighted by Gasteiger charge is 2.08. The Morgan fingerprint density at radius 2 is 1.72 bits per heavy atom. The Balaban J connectivity index is 1.64. The van der Waals surface area contributed by atoms with Gasteiger partial charge in [-0.2, -0.15) is 0 Å². The minimum absolute atomic E-state index is 0.0305. The van der Waals surface area contributed by atoms with Crippen molar-refractivity contribution in [2.45, 2.75) is 25.6 Å². The van der Waals surface area contributed by atoms with Gasteiger partial charge >= 0.3 is 0 Å². The summed E-state index contributed by atoms with van der Waals surface area (Å²) in [7, 11) is 1.63. The predicted octanol–water partition coefficient (Wildman–Crippen LogP) is 3.82. The van der Waals surface area contributed by atoms with Crippen LogP contribution < -0.4 is 14.8 Å². The Hall–Kier alpha value is -2.14. The number of amides is 1. The summed E-state index contributed by atoms with van der Waals surface area (Å²) in [5, 5.41) is 2.96. The highest BCUT2D eigenvalue weighted by atomic mass is 32.2. The van der Waals surface area contributed by atoms with Crippen LogP contribution in [0.1, 0.15) is 18.1 Å². The first-order valence-corrected chi connectivity index (χ1v) is 9.42. The molecule has 0 aliphatic rings. The zero-order valence-electron chi connectivity index (χ0n) is 15.0. The van der Waals surface area contributed by atoms with Crippen molar-refractivity contribution in [3.05, 3.63) is 59.7 Å². The number of nitrogens with one attached hydrogen (secondary N) is 1. The van der Waals surface area contributed by atoms with E-state index in [1.807, 2.05) is 31.2 Å². The van der Waals surface area contributed by atoms with Crippen molar-refractivity contribution >= 4 is 17.7 Å². The van der Waals surface area contributed by atoms with Crippen LogP contribution in [-0.4, -0.2) is 31.4 Å². The van der Waals surface area contributed by atoms with Gasteiger partial charge in [0.25, 0.3) is 0 Å². The van der Waals surface area contributed by atoms with Gasteiger partial charge in [-0.05, 0) is 43.7 Å². The van der Waals surface area contributed by atoms with Crippen molar-refractivity contribution in [3.8, 4) is 11.5 Å². The van der Waals surface area contributed by atoms with Gasteiger partial charge in [0.1, 0.15) is 18.1 Å². The Labute approximate surface area is 153 Å². The highest BCUT2D eigenvalue weighted by Crippen LogP contribution is 2.17. The fraction of sp³-hybridized carbons (Fsp3) is 0.350. The standard InChI is InChI=1S/C20H25NO3S/c1-15-4-6-17(7-5-15)13-25-14-20(22)21-16(2)12-24-19-10-8-18(23-3)9-11-19/h4-11,16H,12-14H2,1-3H3,(H,21,22)/t16-/m1/s1. The topological polar surface area (TPSA) is 47.6 Å². The SMILES string of the molecule is COc1ccc(OC[C@@H](C)NC(=O)CSCc2ccc(C)cc2)cc1. The van der Waals surface area contributed by atoms with Gasteiger partial charge in [0.05, 0.1) is 18.9 Å². The molecule has 2 aromatic rings. The number of carbonyl (C=O) groups is 1. The smallest absolute Gasteiger partial charge is 0.230 e. The second kappa shape index (κ2) is 9.99. The van der Waals surface area contributed by atoms with Gasteiger partial charge in [-0.15, -0.1) is 11.8 Å². The second-order valence-electron chi connectivity index (χ2n) is 5.93. The molecule has 0 aliphatic carbocycles. The number of carbonyl (C=O) groups excluding carboxylic acids is 1. The molecule has 1 N–H and O–H groups in total. The fourth-order valence-electron chi connectivity index (χ4n) is 2.20. The van der Waals surface area contributed by atoms with Gasteiger partial charge in [-0.1, -0.05) is 29.8 Å². The number of methoxy groups -OCH3 is 1. The van der Waals surface area contributed by atoms with Crippen molar-refractivity contribution in [2.24, 2.45) is 0 Å². The molecule has 0 saturated carbocycles. The van der Waals surface area contributed by atoms with E-state index < -0.39 is 0 Å². The zero-order chi connectivity index (χ0) is 18.1. The number of thioether (sulfide) groups is 1. The van der Waals surface area contributed by atoms with Crippen molar-refractivity contribution in [3.63, 3.8) is 0 Å². The van der Waals surface area contributed by atoms with E-state index in [0.717, 1.165) is 17.3 Å². The van der Waals surface area contributed by atoms with Crippen LogP contribution >= 0.6 is 11.8 Å². The summed E-state index contributed by atoms with van der Waals surface area (Å²) in [6.07, 6.45) is 0. The summed E-state index contributed by atoms with van der Waals surface area (Å²) in [5.74, 6) is 2.86. The molecule has 0 saturated heterocycles. The summed E-state index contributed by atoms with van der Waals surface area (Å²) < 4.78 is 10.8. The van der Waals surface area contributed by atoms with Gasteiger partial charge in [-0.25, -0.2) is 0 Å². The van der Waals surface area contributed by atoms with Crippen LogP contribution in [0.15, 0.2) is 48.5 Å². The summed E-state index contributed by atoms with van der Waals surface area (Å²) in [5.41, 5.74) is 2.48. The number of benzene rings is 2. The summed E-state index contributed by atoms with van der Waals surface area (Å²) >= 11 is 1.61. The Morgan fingerprint density at radius 3 is 2.36 bits per heavy atom. The predicted molar refractivity (Wildman–Crippen MR) is 103 cm³/mol. The molecule has 134 valence electrons. The Bertz CT molecular complexity index is 656. The molecule has 0 aliphatic heterocycles. The summed E-state index contributed by atoms with van der Waals surface area (Å²) in [6.45, 7) is 4.44. The number of ether oxygens (including phenoxy) is 2. The van der Waals surface area contributed by atoms with Crippen LogP contribution in [-0.2, 0) is 10.5 Å². The molecule has 0 aromatic heterocycles. The maximum absolute atomic E-state index is 12.0. The molecule has 5 heteroatoms. The molecule has 0 radical (unpaired) electrons. The van der Waals surface area contributed by atoms with Gasteiger partial charge in [0.15, 0.2) is 0 Å². The zero-order valence-corrected chi connectivity index (χ0v) is 15.8. The summed E-state index contributed by atoms with van der Waals surface area (Å²) in [6, 6.07) is 15.7. The van der Waals surface area contributed by atoms with Crippen molar-refractivity contribution in [2.75, 3.05) is 19.5 Å². The first kappa shape index (κ1) is 19.2. The van der Waals surface area contributed by atoms with Crippen LogP contribution in [0.2, 0.25) is 0 Å². The van der Waals surface area contributed by atoms with Crippen LogP contribution in [0, 0.1) is 6.92 Å². The molecule has 2 aromatic carbocycles. The quantitative estimate of drug-likeness (QED) is 0.739. The third kappa shape index (κ3) is 7.10. The van der Waals surface area contributed by atoms with E-state index in [1.165, 1.54) is 11.1 Å². The van der Waals surface area contributed by atoms with Gasteiger partial charge in [0.2, 0.25) is 5.91 Å². The Kier molecular flexibility index (Phi) is 7.67. The molecule has 25 heavy (non-hydrogen) atoms. The molecule has 0 fully saturated rings. The molecule has 0 heterocycles. The van der Waals surface area contributed by atoms with Crippen molar-refractivity contribution in [1.29, 1.82) is 0 Å². The lowest BCUT2D eigenvalue weighted by Gasteiger charge is -2.15. The van der Waals surface area contributed by atoms with Crippen LogP contribution in [0.5, 0.6) is 11.5 Å². The third-order valence-electron chi connectivity index (χ3n) is 3.59. The van der Waals surface area contributed by atoms with Gasteiger partial charge < -0.3 is 14.8 Å². The van der Waals surface area contributed by atoms with Crippen molar-refractivity contribution in [1.82, 2.24) is 5.32 Å². The lowest BCUT2D eigenvalue weighted by atomic mass is 10.2. The lowest BCUT2D eigenvalue weighted by Crippen LogP contribution is -2.37. The minimum atomic E-state index is -0.0467. The fourth-order valence-corrected chi connectivity index (χ4v) is 3.00. The number of aryl methyl sites for hydroxylation is 1. The van der Waals surface area contributed by atoms with Gasteiger partial charge in [-0.3, -0.25) is 4.79 Å². The second-order valence-corrected chi connectivity index (χ2v) is 6.92.